The Morgan fingerprint density at radius 2 is 2.30 bits per heavy atom. The van der Waals surface area contributed by atoms with E-state index in [0.29, 0.717) is 44.0 Å². The Bertz CT molecular complexity index is 521. The lowest BCUT2D eigenvalue weighted by Crippen LogP contribution is -2.34. The maximum atomic E-state index is 12.4. The molecule has 1 saturated heterocycles. The average Bonchev–Trinajstić information content (AvgIpc) is 2.62. The lowest BCUT2D eigenvalue weighted by Gasteiger charge is -2.20. The SMILES string of the molecule is CCNc1cc(C(=O)N2CCNC(=O)CC2)cc(Cl)n1. The Balaban J connectivity index is 2.17. The van der Waals surface area contributed by atoms with Gasteiger partial charge in [0, 0.05) is 38.2 Å². The Morgan fingerprint density at radius 3 is 3.05 bits per heavy atom. The summed E-state index contributed by atoms with van der Waals surface area (Å²) >= 11 is 5.94. The summed E-state index contributed by atoms with van der Waals surface area (Å²) in [5, 5.41) is 6.05. The van der Waals surface area contributed by atoms with Crippen molar-refractivity contribution in [3.63, 3.8) is 0 Å². The molecule has 0 radical (unpaired) electrons. The van der Waals surface area contributed by atoms with Gasteiger partial charge in [0.25, 0.3) is 5.91 Å². The van der Waals surface area contributed by atoms with Crippen LogP contribution in [0.15, 0.2) is 12.1 Å². The first kappa shape index (κ1) is 14.6. The molecule has 0 saturated carbocycles. The van der Waals surface area contributed by atoms with E-state index in [0.717, 1.165) is 0 Å². The van der Waals surface area contributed by atoms with Crippen molar-refractivity contribution in [3.05, 3.63) is 22.8 Å². The molecule has 108 valence electrons. The average molecular weight is 297 g/mol. The maximum Gasteiger partial charge on any atom is 0.254 e. The third kappa shape index (κ3) is 3.60. The van der Waals surface area contributed by atoms with Crippen molar-refractivity contribution < 1.29 is 9.59 Å². The smallest absolute Gasteiger partial charge is 0.254 e. The summed E-state index contributed by atoms with van der Waals surface area (Å²) in [7, 11) is 0. The minimum atomic E-state index is -0.134. The lowest BCUT2D eigenvalue weighted by molar-refractivity contribution is -0.120. The normalized spacial score (nSPS) is 15.5. The number of nitrogens with zero attached hydrogens (tertiary/aromatic N) is 2. The highest BCUT2D eigenvalue weighted by atomic mass is 35.5. The van der Waals surface area contributed by atoms with Crippen LogP contribution < -0.4 is 10.6 Å². The molecule has 0 spiro atoms. The zero-order valence-electron chi connectivity index (χ0n) is 11.3. The molecular formula is C13H17ClN4O2. The number of hydrogen-bond donors (Lipinski definition) is 2. The highest BCUT2D eigenvalue weighted by Gasteiger charge is 2.20. The molecule has 0 atom stereocenters. The summed E-state index contributed by atoms with van der Waals surface area (Å²) < 4.78 is 0. The second-order valence-corrected chi connectivity index (χ2v) is 4.87. The predicted molar refractivity (Wildman–Crippen MR) is 76.9 cm³/mol. The third-order valence-electron chi connectivity index (χ3n) is 3.00. The number of rotatable bonds is 3. The molecule has 2 heterocycles. The monoisotopic (exact) mass is 296 g/mol. The summed E-state index contributed by atoms with van der Waals surface area (Å²) in [5.41, 5.74) is 0.482. The predicted octanol–water partition coefficient (Wildman–Crippen LogP) is 1.13. The van der Waals surface area contributed by atoms with Gasteiger partial charge in [0.05, 0.1) is 0 Å². The number of hydrogen-bond acceptors (Lipinski definition) is 4. The Hall–Kier alpha value is -1.82. The molecular weight excluding hydrogens is 280 g/mol. The minimum Gasteiger partial charge on any atom is -0.370 e. The lowest BCUT2D eigenvalue weighted by atomic mass is 10.2. The fourth-order valence-electron chi connectivity index (χ4n) is 2.04. The van der Waals surface area contributed by atoms with Gasteiger partial charge in [-0.3, -0.25) is 9.59 Å². The number of nitrogens with one attached hydrogen (secondary N) is 2. The van der Waals surface area contributed by atoms with Crippen LogP contribution in [-0.4, -0.2) is 47.9 Å². The van der Waals surface area contributed by atoms with Crippen LogP contribution in [0.3, 0.4) is 0 Å². The van der Waals surface area contributed by atoms with Crippen LogP contribution >= 0.6 is 11.6 Å². The van der Waals surface area contributed by atoms with Gasteiger partial charge in [-0.25, -0.2) is 4.98 Å². The number of carbonyl (C=O) groups is 2. The first-order chi connectivity index (χ1) is 9.60. The van der Waals surface area contributed by atoms with E-state index in [1.54, 1.807) is 17.0 Å². The molecule has 1 aromatic heterocycles. The van der Waals surface area contributed by atoms with Crippen LogP contribution in [0.4, 0.5) is 5.82 Å². The van der Waals surface area contributed by atoms with Crippen molar-refractivity contribution in [2.75, 3.05) is 31.5 Å². The highest BCUT2D eigenvalue weighted by Crippen LogP contribution is 2.16. The van der Waals surface area contributed by atoms with Crippen LogP contribution in [0, 0.1) is 0 Å². The van der Waals surface area contributed by atoms with E-state index in [-0.39, 0.29) is 17.0 Å². The van der Waals surface area contributed by atoms with E-state index in [1.165, 1.54) is 0 Å². The van der Waals surface area contributed by atoms with E-state index in [9.17, 15) is 9.59 Å². The molecule has 1 aromatic rings. The van der Waals surface area contributed by atoms with Gasteiger partial charge in [0.2, 0.25) is 5.91 Å². The van der Waals surface area contributed by atoms with Crippen LogP contribution in [0.2, 0.25) is 5.15 Å². The van der Waals surface area contributed by atoms with Crippen LogP contribution in [0.5, 0.6) is 0 Å². The van der Waals surface area contributed by atoms with Crippen LogP contribution in [0.25, 0.3) is 0 Å². The van der Waals surface area contributed by atoms with Gasteiger partial charge < -0.3 is 15.5 Å². The summed E-state index contributed by atoms with van der Waals surface area (Å²) in [6.07, 6.45) is 0.324. The standard InChI is InChI=1S/C13H17ClN4O2/c1-2-15-11-8-9(7-10(14)17-11)13(20)18-5-3-12(19)16-4-6-18/h7-8H,2-6H2,1H3,(H,15,17)(H,16,19). The number of halogens is 1. The molecule has 2 rings (SSSR count). The van der Waals surface area contributed by atoms with E-state index < -0.39 is 0 Å². The fraction of sp³-hybridized carbons (Fsp3) is 0.462. The molecule has 0 aliphatic carbocycles. The molecule has 20 heavy (non-hydrogen) atoms. The quantitative estimate of drug-likeness (QED) is 0.820. The molecule has 7 heteroatoms. The maximum absolute atomic E-state index is 12.4. The van der Waals surface area contributed by atoms with Gasteiger partial charge in [0.15, 0.2) is 0 Å². The van der Waals surface area contributed by atoms with E-state index in [4.69, 9.17) is 11.6 Å². The van der Waals surface area contributed by atoms with Crippen LogP contribution in [0.1, 0.15) is 23.7 Å². The first-order valence-corrected chi connectivity index (χ1v) is 6.95. The molecule has 0 aromatic carbocycles. The van der Waals surface area contributed by atoms with Gasteiger partial charge in [0.1, 0.15) is 11.0 Å². The zero-order chi connectivity index (χ0) is 14.5. The van der Waals surface area contributed by atoms with Gasteiger partial charge >= 0.3 is 0 Å². The van der Waals surface area contributed by atoms with E-state index >= 15 is 0 Å². The molecule has 0 unspecified atom stereocenters. The highest BCUT2D eigenvalue weighted by molar-refractivity contribution is 6.29. The number of aromatic nitrogens is 1. The van der Waals surface area contributed by atoms with Crippen molar-refractivity contribution in [3.8, 4) is 0 Å². The van der Waals surface area contributed by atoms with Crippen molar-refractivity contribution in [2.24, 2.45) is 0 Å². The fourth-order valence-corrected chi connectivity index (χ4v) is 2.25. The van der Waals surface area contributed by atoms with E-state index in [2.05, 4.69) is 15.6 Å². The molecule has 1 aliphatic rings. The number of carbonyl (C=O) groups excluding carboxylic acids is 2. The van der Waals surface area contributed by atoms with Gasteiger partial charge in [-0.1, -0.05) is 11.6 Å². The molecule has 1 aliphatic heterocycles. The molecule has 2 amide bonds. The molecule has 6 nitrogen and oxygen atoms in total. The van der Waals surface area contributed by atoms with Crippen LogP contribution in [-0.2, 0) is 4.79 Å². The summed E-state index contributed by atoms with van der Waals surface area (Å²) in [6, 6.07) is 3.22. The topological polar surface area (TPSA) is 74.3 Å². The summed E-state index contributed by atoms with van der Waals surface area (Å²) in [4.78, 5) is 29.5. The first-order valence-electron chi connectivity index (χ1n) is 6.57. The largest absolute Gasteiger partial charge is 0.370 e. The van der Waals surface area contributed by atoms with Gasteiger partial charge in [-0.15, -0.1) is 0 Å². The minimum absolute atomic E-state index is 0.0265. The summed E-state index contributed by atoms with van der Waals surface area (Å²) in [5.74, 6) is 0.415. The van der Waals surface area contributed by atoms with Gasteiger partial charge in [-0.2, -0.15) is 0 Å². The second-order valence-electron chi connectivity index (χ2n) is 4.49. The number of anilines is 1. The number of pyridine rings is 1. The van der Waals surface area contributed by atoms with Gasteiger partial charge in [-0.05, 0) is 19.1 Å². The van der Waals surface area contributed by atoms with Crippen molar-refractivity contribution in [1.29, 1.82) is 0 Å². The second kappa shape index (κ2) is 6.56. The number of amides is 2. The van der Waals surface area contributed by atoms with Crippen molar-refractivity contribution >= 4 is 29.2 Å². The molecule has 0 bridgehead atoms. The molecule has 1 fully saturated rings. The third-order valence-corrected chi connectivity index (χ3v) is 3.19. The zero-order valence-corrected chi connectivity index (χ0v) is 12.0. The Morgan fingerprint density at radius 1 is 1.50 bits per heavy atom. The molecule has 2 N–H and O–H groups in total. The van der Waals surface area contributed by atoms with Crippen molar-refractivity contribution in [2.45, 2.75) is 13.3 Å². The Kier molecular flexibility index (Phi) is 4.79. The summed E-state index contributed by atoms with van der Waals surface area (Å²) in [6.45, 7) is 4.03. The van der Waals surface area contributed by atoms with E-state index in [1.807, 2.05) is 6.92 Å². The van der Waals surface area contributed by atoms with Crippen molar-refractivity contribution in [1.82, 2.24) is 15.2 Å². The Labute approximate surface area is 122 Å².